The summed E-state index contributed by atoms with van der Waals surface area (Å²) < 4.78 is 16.8. The van der Waals surface area contributed by atoms with E-state index in [0.717, 1.165) is 77.0 Å². The molecular formula is C68H126O6. The Bertz CT molecular complexity index is 1240. The summed E-state index contributed by atoms with van der Waals surface area (Å²) in [6.45, 7) is 6.60. The Morgan fingerprint density at radius 3 is 0.757 bits per heavy atom. The summed E-state index contributed by atoms with van der Waals surface area (Å²) in [5.41, 5.74) is 0. The van der Waals surface area contributed by atoms with Gasteiger partial charge in [0.15, 0.2) is 6.10 Å². The number of rotatable bonds is 61. The second kappa shape index (κ2) is 63.2. The second-order valence-electron chi connectivity index (χ2n) is 22.4. The molecule has 434 valence electrons. The summed E-state index contributed by atoms with van der Waals surface area (Å²) in [5, 5.41) is 0. The van der Waals surface area contributed by atoms with Gasteiger partial charge in [0.25, 0.3) is 0 Å². The van der Waals surface area contributed by atoms with Gasteiger partial charge in [-0.2, -0.15) is 0 Å². The molecule has 0 aromatic rings. The number of allylic oxidation sites excluding steroid dienone is 6. The van der Waals surface area contributed by atoms with E-state index >= 15 is 0 Å². The summed E-state index contributed by atoms with van der Waals surface area (Å²) >= 11 is 0. The maximum absolute atomic E-state index is 12.8. The Kier molecular flexibility index (Phi) is 61.1. The molecule has 0 spiro atoms. The molecule has 0 saturated carbocycles. The third-order valence-corrected chi connectivity index (χ3v) is 14.9. The molecule has 0 amide bonds. The van der Waals surface area contributed by atoms with E-state index < -0.39 is 6.10 Å². The van der Waals surface area contributed by atoms with E-state index in [1.54, 1.807) is 0 Å². The van der Waals surface area contributed by atoms with Crippen LogP contribution in [0, 0.1) is 0 Å². The minimum atomic E-state index is -0.766. The minimum absolute atomic E-state index is 0.0679. The number of hydrogen-bond donors (Lipinski definition) is 0. The lowest BCUT2D eigenvalue weighted by atomic mass is 10.0. The van der Waals surface area contributed by atoms with Crippen LogP contribution in [0.25, 0.3) is 0 Å². The smallest absolute Gasteiger partial charge is 0.306 e. The van der Waals surface area contributed by atoms with Gasteiger partial charge < -0.3 is 14.2 Å². The fourth-order valence-electron chi connectivity index (χ4n) is 9.92. The van der Waals surface area contributed by atoms with Crippen LogP contribution < -0.4 is 0 Å². The monoisotopic (exact) mass is 1040 g/mol. The molecule has 0 radical (unpaired) electrons. The zero-order chi connectivity index (χ0) is 53.6. The van der Waals surface area contributed by atoms with E-state index in [0.29, 0.717) is 19.3 Å². The number of hydrogen-bond acceptors (Lipinski definition) is 6. The lowest BCUT2D eigenvalue weighted by molar-refractivity contribution is -0.167. The molecule has 0 aromatic carbocycles. The van der Waals surface area contributed by atoms with Crippen LogP contribution in [0.5, 0.6) is 0 Å². The summed E-state index contributed by atoms with van der Waals surface area (Å²) in [4.78, 5) is 37.9. The zero-order valence-corrected chi connectivity index (χ0v) is 49.9. The van der Waals surface area contributed by atoms with E-state index in [-0.39, 0.29) is 31.1 Å². The van der Waals surface area contributed by atoms with Gasteiger partial charge in [-0.25, -0.2) is 0 Å². The van der Waals surface area contributed by atoms with Crippen LogP contribution in [0.1, 0.15) is 361 Å². The number of carbonyl (C=O) groups is 3. The van der Waals surface area contributed by atoms with Crippen molar-refractivity contribution in [2.45, 2.75) is 367 Å². The molecule has 0 heterocycles. The highest BCUT2D eigenvalue weighted by atomic mass is 16.6. The van der Waals surface area contributed by atoms with Crippen molar-refractivity contribution < 1.29 is 28.6 Å². The first kappa shape index (κ1) is 71.6. The maximum Gasteiger partial charge on any atom is 0.306 e. The van der Waals surface area contributed by atoms with Crippen LogP contribution in [-0.4, -0.2) is 37.2 Å². The molecule has 0 aromatic heterocycles. The molecule has 0 aliphatic heterocycles. The van der Waals surface area contributed by atoms with Gasteiger partial charge in [0.1, 0.15) is 13.2 Å². The van der Waals surface area contributed by atoms with Gasteiger partial charge >= 0.3 is 17.9 Å². The first-order chi connectivity index (χ1) is 36.5. The van der Waals surface area contributed by atoms with Crippen LogP contribution in [0.15, 0.2) is 36.5 Å². The van der Waals surface area contributed by atoms with Crippen molar-refractivity contribution in [3.8, 4) is 0 Å². The van der Waals surface area contributed by atoms with Crippen LogP contribution in [0.4, 0.5) is 0 Å². The predicted octanol–water partition coefficient (Wildman–Crippen LogP) is 22.4. The normalized spacial score (nSPS) is 12.2. The van der Waals surface area contributed by atoms with E-state index in [2.05, 4.69) is 57.2 Å². The molecule has 1 atom stereocenters. The molecule has 0 rings (SSSR count). The zero-order valence-electron chi connectivity index (χ0n) is 49.9. The Hall–Kier alpha value is -2.37. The summed E-state index contributed by atoms with van der Waals surface area (Å²) in [6.07, 6.45) is 77.9. The number of ether oxygens (including phenoxy) is 3. The topological polar surface area (TPSA) is 78.9 Å². The van der Waals surface area contributed by atoms with Crippen LogP contribution >= 0.6 is 0 Å². The molecule has 1 unspecified atom stereocenters. The molecule has 74 heavy (non-hydrogen) atoms. The standard InChI is InChI=1S/C68H126O6/c1-4-7-10-13-15-17-19-21-23-25-27-29-31-32-33-34-35-36-37-39-40-42-44-46-48-50-52-55-58-61-67(70)73-64-65(63-72-66(69)60-57-54-12-9-6-3)74-68(71)62-59-56-53-51-49-47-45-43-41-38-30-28-26-24-22-20-18-16-14-11-8-5-2/h19,21,25,27,31-32,65H,4-18,20,22-24,26,28-30,33-64H2,1-3H3/b21-19-,27-25-,32-31-. The van der Waals surface area contributed by atoms with Crippen molar-refractivity contribution in [1.82, 2.24) is 0 Å². The number of unbranched alkanes of at least 4 members (excludes halogenated alkanes) is 44. The SMILES string of the molecule is CCCCCCC/C=C\C/C=C\C/C=C\CCCCCCCCCCCCCCCCC(=O)OCC(COC(=O)CCCCCCC)OC(=O)CCCCCCCCCCCCCCCCCCCCCCCC. The van der Waals surface area contributed by atoms with Crippen molar-refractivity contribution in [3.05, 3.63) is 36.5 Å². The predicted molar refractivity (Wildman–Crippen MR) is 321 cm³/mol. The van der Waals surface area contributed by atoms with Gasteiger partial charge in [0.2, 0.25) is 0 Å². The summed E-state index contributed by atoms with van der Waals surface area (Å²) in [6, 6.07) is 0. The molecule has 0 aliphatic carbocycles. The Balaban J connectivity index is 3.97. The van der Waals surface area contributed by atoms with Crippen molar-refractivity contribution in [2.75, 3.05) is 13.2 Å². The van der Waals surface area contributed by atoms with Crippen LogP contribution in [0.3, 0.4) is 0 Å². The number of carbonyl (C=O) groups excluding carboxylic acids is 3. The van der Waals surface area contributed by atoms with Crippen molar-refractivity contribution in [1.29, 1.82) is 0 Å². The van der Waals surface area contributed by atoms with Gasteiger partial charge in [0, 0.05) is 19.3 Å². The Morgan fingerprint density at radius 1 is 0.270 bits per heavy atom. The quantitative estimate of drug-likeness (QED) is 0.0261. The van der Waals surface area contributed by atoms with Gasteiger partial charge in [0.05, 0.1) is 0 Å². The summed E-state index contributed by atoms with van der Waals surface area (Å²) in [7, 11) is 0. The van der Waals surface area contributed by atoms with Gasteiger partial charge in [-0.05, 0) is 57.8 Å². The van der Waals surface area contributed by atoms with Crippen molar-refractivity contribution in [2.24, 2.45) is 0 Å². The molecule has 0 fully saturated rings. The van der Waals surface area contributed by atoms with Crippen LogP contribution in [0.2, 0.25) is 0 Å². The minimum Gasteiger partial charge on any atom is -0.462 e. The summed E-state index contributed by atoms with van der Waals surface area (Å²) in [5.74, 6) is -0.860. The first-order valence-electron chi connectivity index (χ1n) is 33.0. The highest BCUT2D eigenvalue weighted by molar-refractivity contribution is 5.71. The Labute approximate surface area is 461 Å². The molecule has 0 saturated heterocycles. The van der Waals surface area contributed by atoms with Crippen molar-refractivity contribution >= 4 is 17.9 Å². The second-order valence-corrected chi connectivity index (χ2v) is 22.4. The van der Waals surface area contributed by atoms with Gasteiger partial charge in [-0.15, -0.1) is 0 Å². The van der Waals surface area contributed by atoms with Gasteiger partial charge in [-0.3, -0.25) is 14.4 Å². The fraction of sp³-hybridized carbons (Fsp3) is 0.868. The molecule has 0 aliphatic rings. The maximum atomic E-state index is 12.8. The first-order valence-corrected chi connectivity index (χ1v) is 33.0. The highest BCUT2D eigenvalue weighted by Gasteiger charge is 2.19. The van der Waals surface area contributed by atoms with E-state index in [1.807, 2.05) is 0 Å². The lowest BCUT2D eigenvalue weighted by Gasteiger charge is -2.18. The molecule has 0 N–H and O–H groups in total. The van der Waals surface area contributed by atoms with Gasteiger partial charge in [-0.1, -0.05) is 320 Å². The van der Waals surface area contributed by atoms with E-state index in [1.165, 1.54) is 244 Å². The fourth-order valence-corrected chi connectivity index (χ4v) is 9.92. The third kappa shape index (κ3) is 60.5. The molecule has 6 heteroatoms. The molecule has 0 bridgehead atoms. The third-order valence-electron chi connectivity index (χ3n) is 14.9. The van der Waals surface area contributed by atoms with E-state index in [4.69, 9.17) is 14.2 Å². The largest absolute Gasteiger partial charge is 0.462 e. The molecule has 6 nitrogen and oxygen atoms in total. The Morgan fingerprint density at radius 2 is 0.486 bits per heavy atom. The van der Waals surface area contributed by atoms with E-state index in [9.17, 15) is 14.4 Å². The average molecular weight is 1040 g/mol. The van der Waals surface area contributed by atoms with Crippen LogP contribution in [-0.2, 0) is 28.6 Å². The van der Waals surface area contributed by atoms with Crippen molar-refractivity contribution in [3.63, 3.8) is 0 Å². The molecular weight excluding hydrogens is 913 g/mol. The average Bonchev–Trinajstić information content (AvgIpc) is 3.40. The lowest BCUT2D eigenvalue weighted by Crippen LogP contribution is -2.30. The number of esters is 3. The highest BCUT2D eigenvalue weighted by Crippen LogP contribution is 2.18.